The number of carbonyl (C=O) groups excluding carboxylic acids is 1. The van der Waals surface area contributed by atoms with Crippen LogP contribution >= 0.6 is 0 Å². The van der Waals surface area contributed by atoms with Gasteiger partial charge in [0, 0.05) is 17.8 Å². The van der Waals surface area contributed by atoms with Gasteiger partial charge in [-0.25, -0.2) is 16.8 Å². The molecule has 0 fully saturated rings. The van der Waals surface area contributed by atoms with Crippen molar-refractivity contribution in [3.05, 3.63) is 83.4 Å². The number of amides is 1. The van der Waals surface area contributed by atoms with E-state index in [1.54, 1.807) is 23.1 Å². The van der Waals surface area contributed by atoms with Crippen LogP contribution in [-0.2, 0) is 26.1 Å². The van der Waals surface area contributed by atoms with Gasteiger partial charge in [0.2, 0.25) is 0 Å². The standard InChI is InChI=1S/C27H27NO6S2/c1-2-3-17-34-26-21(27(29)28-16-15-19-9-7-8-12-22(19)28)13-14-23-25(26)24(18-35(23,30)31)36(32,33)20-10-5-4-6-11-20/h4-14,24H,2-3,15-18H2,1H3. The number of unbranched alkanes of at least 4 members (excludes halogenated alkanes) is 1. The van der Waals surface area contributed by atoms with Crippen molar-refractivity contribution in [2.75, 3.05) is 23.8 Å². The molecule has 7 nitrogen and oxygen atoms in total. The lowest BCUT2D eigenvalue weighted by Gasteiger charge is -2.22. The van der Waals surface area contributed by atoms with Crippen molar-refractivity contribution in [1.82, 2.24) is 0 Å². The molecule has 1 atom stereocenters. The van der Waals surface area contributed by atoms with Gasteiger partial charge >= 0.3 is 0 Å². The van der Waals surface area contributed by atoms with E-state index < -0.39 is 30.7 Å². The van der Waals surface area contributed by atoms with Crippen LogP contribution in [0.3, 0.4) is 0 Å². The fourth-order valence-electron chi connectivity index (χ4n) is 4.89. The second-order valence-corrected chi connectivity index (χ2v) is 13.2. The summed E-state index contributed by atoms with van der Waals surface area (Å²) in [5, 5.41) is -1.37. The highest BCUT2D eigenvalue weighted by molar-refractivity contribution is 7.96. The van der Waals surface area contributed by atoms with E-state index in [-0.39, 0.29) is 39.2 Å². The maximum Gasteiger partial charge on any atom is 0.262 e. The molecule has 1 unspecified atom stereocenters. The van der Waals surface area contributed by atoms with Gasteiger partial charge in [0.25, 0.3) is 5.91 Å². The van der Waals surface area contributed by atoms with E-state index in [1.807, 2.05) is 31.2 Å². The van der Waals surface area contributed by atoms with Crippen LogP contribution < -0.4 is 9.64 Å². The fraction of sp³-hybridized carbons (Fsp3) is 0.296. The van der Waals surface area contributed by atoms with Crippen molar-refractivity contribution < 1.29 is 26.4 Å². The molecule has 0 spiro atoms. The average Bonchev–Trinajstić information content (AvgIpc) is 3.43. The van der Waals surface area contributed by atoms with Crippen molar-refractivity contribution in [1.29, 1.82) is 0 Å². The summed E-state index contributed by atoms with van der Waals surface area (Å²) >= 11 is 0. The Balaban J connectivity index is 1.67. The van der Waals surface area contributed by atoms with Gasteiger partial charge in [-0.1, -0.05) is 49.7 Å². The molecule has 3 aromatic rings. The zero-order valence-corrected chi connectivity index (χ0v) is 21.5. The zero-order valence-electron chi connectivity index (χ0n) is 19.9. The Hall–Kier alpha value is -3.17. The number of fused-ring (bicyclic) bond motifs is 2. The number of para-hydroxylation sites is 1. The lowest BCUT2D eigenvalue weighted by molar-refractivity contribution is 0.0985. The predicted octanol–water partition coefficient (Wildman–Crippen LogP) is 4.37. The van der Waals surface area contributed by atoms with Crippen LogP contribution in [-0.4, -0.2) is 41.6 Å². The normalized spacial score (nSPS) is 18.0. The third-order valence-electron chi connectivity index (χ3n) is 6.74. The third kappa shape index (κ3) is 4.10. The van der Waals surface area contributed by atoms with E-state index in [2.05, 4.69) is 0 Å². The van der Waals surface area contributed by atoms with Gasteiger partial charge in [-0.2, -0.15) is 0 Å². The molecule has 5 rings (SSSR count). The largest absolute Gasteiger partial charge is 0.492 e. The number of ether oxygens (including phenoxy) is 1. The molecular formula is C27H27NO6S2. The number of sulfone groups is 2. The van der Waals surface area contributed by atoms with Gasteiger partial charge in [-0.3, -0.25) is 4.79 Å². The molecule has 1 amide bonds. The van der Waals surface area contributed by atoms with Crippen molar-refractivity contribution in [3.8, 4) is 5.75 Å². The van der Waals surface area contributed by atoms with Crippen molar-refractivity contribution in [2.24, 2.45) is 0 Å². The summed E-state index contributed by atoms with van der Waals surface area (Å²) in [7, 11) is -7.96. The number of benzene rings is 3. The number of hydrogen-bond donors (Lipinski definition) is 0. The van der Waals surface area contributed by atoms with Crippen molar-refractivity contribution in [3.63, 3.8) is 0 Å². The number of nitrogens with zero attached hydrogens (tertiary/aromatic N) is 1. The number of rotatable bonds is 7. The van der Waals surface area contributed by atoms with E-state index >= 15 is 0 Å². The Kier molecular flexibility index (Phi) is 6.38. The topological polar surface area (TPSA) is 97.8 Å². The van der Waals surface area contributed by atoms with Crippen molar-refractivity contribution >= 4 is 31.3 Å². The molecule has 0 saturated carbocycles. The van der Waals surface area contributed by atoms with Crippen LogP contribution in [0.5, 0.6) is 5.75 Å². The lowest BCUT2D eigenvalue weighted by Crippen LogP contribution is -2.30. The van der Waals surface area contributed by atoms with Crippen LogP contribution in [0.1, 0.15) is 46.5 Å². The van der Waals surface area contributed by atoms with Crippen molar-refractivity contribution in [2.45, 2.75) is 41.2 Å². The first-order chi connectivity index (χ1) is 17.3. The highest BCUT2D eigenvalue weighted by atomic mass is 32.2. The van der Waals surface area contributed by atoms with Gasteiger partial charge in [0.1, 0.15) is 11.0 Å². The second-order valence-electron chi connectivity index (χ2n) is 9.02. The number of carbonyl (C=O) groups is 1. The Bertz CT molecular complexity index is 1530. The summed E-state index contributed by atoms with van der Waals surface area (Å²) in [6.45, 7) is 2.70. The summed E-state index contributed by atoms with van der Waals surface area (Å²) in [4.78, 5) is 15.4. The smallest absolute Gasteiger partial charge is 0.262 e. The first-order valence-corrected chi connectivity index (χ1v) is 15.2. The van der Waals surface area contributed by atoms with Gasteiger partial charge in [0.15, 0.2) is 19.7 Å². The van der Waals surface area contributed by atoms with Crippen LogP contribution in [0.15, 0.2) is 76.5 Å². The highest BCUT2D eigenvalue weighted by Crippen LogP contribution is 2.47. The second kappa shape index (κ2) is 9.37. The SMILES string of the molecule is CCCCOc1c(C(=O)N2CCc3ccccc32)ccc2c1C(S(=O)(=O)c1ccccc1)CS2(=O)=O. The van der Waals surface area contributed by atoms with Crippen LogP contribution in [0, 0.1) is 0 Å². The predicted molar refractivity (Wildman–Crippen MR) is 137 cm³/mol. The van der Waals surface area contributed by atoms with Crippen LogP contribution in [0.2, 0.25) is 0 Å². The highest BCUT2D eigenvalue weighted by Gasteiger charge is 2.46. The number of hydrogen-bond acceptors (Lipinski definition) is 6. The minimum Gasteiger partial charge on any atom is -0.492 e. The minimum absolute atomic E-state index is 0.0303. The van der Waals surface area contributed by atoms with Crippen LogP contribution in [0.4, 0.5) is 5.69 Å². The molecule has 2 aliphatic rings. The third-order valence-corrected chi connectivity index (χ3v) is 10.8. The Morgan fingerprint density at radius 2 is 1.75 bits per heavy atom. The van der Waals surface area contributed by atoms with Gasteiger partial charge in [0.05, 0.1) is 27.7 Å². The Morgan fingerprint density at radius 1 is 1.03 bits per heavy atom. The van der Waals surface area contributed by atoms with Gasteiger partial charge in [-0.15, -0.1) is 0 Å². The molecule has 3 aromatic carbocycles. The quantitative estimate of drug-likeness (QED) is 0.425. The van der Waals surface area contributed by atoms with E-state index in [0.29, 0.717) is 19.4 Å². The summed E-state index contributed by atoms with van der Waals surface area (Å²) < 4.78 is 59.6. The first-order valence-electron chi connectivity index (χ1n) is 12.0. The summed E-state index contributed by atoms with van der Waals surface area (Å²) in [5.74, 6) is -0.872. The first kappa shape index (κ1) is 24.5. The molecule has 0 aromatic heterocycles. The number of anilines is 1. The molecule has 0 radical (unpaired) electrons. The fourth-order valence-corrected chi connectivity index (χ4v) is 9.21. The van der Waals surface area contributed by atoms with Crippen LogP contribution in [0.25, 0.3) is 0 Å². The molecule has 2 aliphatic heterocycles. The molecular weight excluding hydrogens is 498 g/mol. The minimum atomic E-state index is -4.07. The van der Waals surface area contributed by atoms with Gasteiger partial charge in [-0.05, 0) is 48.7 Å². The molecule has 188 valence electrons. The maximum absolute atomic E-state index is 13.8. The molecule has 36 heavy (non-hydrogen) atoms. The maximum atomic E-state index is 13.8. The van der Waals surface area contributed by atoms with E-state index in [9.17, 15) is 21.6 Å². The molecule has 0 aliphatic carbocycles. The van der Waals surface area contributed by atoms with Gasteiger partial charge < -0.3 is 9.64 Å². The Labute approximate surface area is 211 Å². The molecule has 0 bridgehead atoms. The molecule has 0 N–H and O–H groups in total. The van der Waals surface area contributed by atoms with E-state index in [4.69, 9.17) is 4.74 Å². The molecule has 9 heteroatoms. The lowest BCUT2D eigenvalue weighted by atomic mass is 10.0. The Morgan fingerprint density at radius 3 is 2.50 bits per heavy atom. The summed E-state index contributed by atoms with van der Waals surface area (Å²) in [5.41, 5.74) is 2.08. The zero-order chi connectivity index (χ0) is 25.5. The molecule has 2 heterocycles. The summed E-state index contributed by atoms with van der Waals surface area (Å²) in [6.07, 6.45) is 2.20. The summed E-state index contributed by atoms with van der Waals surface area (Å²) in [6, 6.07) is 18.2. The molecule has 0 saturated heterocycles. The average molecular weight is 526 g/mol. The monoisotopic (exact) mass is 525 g/mol. The van der Waals surface area contributed by atoms with E-state index in [0.717, 1.165) is 17.7 Å². The van der Waals surface area contributed by atoms with E-state index in [1.165, 1.54) is 24.3 Å².